The molecule has 0 saturated carbocycles. The van der Waals surface area contributed by atoms with Gasteiger partial charge in [0.25, 0.3) is 5.91 Å². The molecular formula is C16H21FN6O2. The van der Waals surface area contributed by atoms with Crippen molar-refractivity contribution in [2.75, 3.05) is 37.1 Å². The molecule has 2 aromatic heterocycles. The van der Waals surface area contributed by atoms with Gasteiger partial charge in [0.15, 0.2) is 11.6 Å². The van der Waals surface area contributed by atoms with E-state index in [0.717, 1.165) is 11.8 Å². The van der Waals surface area contributed by atoms with Crippen molar-refractivity contribution in [2.24, 2.45) is 0 Å². The van der Waals surface area contributed by atoms with Crippen LogP contribution in [0.25, 0.3) is 0 Å². The number of aryl methyl sites for hydroxylation is 1. The van der Waals surface area contributed by atoms with E-state index in [1.165, 1.54) is 0 Å². The van der Waals surface area contributed by atoms with Crippen LogP contribution in [0.4, 0.5) is 16.2 Å². The number of aromatic nitrogens is 3. The minimum atomic E-state index is -0.546. The average Bonchev–Trinajstić information content (AvgIpc) is 2.62. The van der Waals surface area contributed by atoms with Crippen molar-refractivity contribution in [3.8, 4) is 0 Å². The van der Waals surface area contributed by atoms with Crippen LogP contribution < -0.4 is 15.8 Å². The smallest absolute Gasteiger partial charge is 0.288 e. The number of ether oxygens (including phenoxy) is 1. The lowest BCUT2D eigenvalue weighted by molar-refractivity contribution is 0.0957. The van der Waals surface area contributed by atoms with E-state index in [-0.39, 0.29) is 17.5 Å². The first-order chi connectivity index (χ1) is 12.0. The molecular weight excluding hydrogens is 327 g/mol. The number of carbonyl (C=O) groups is 1. The Morgan fingerprint density at radius 3 is 2.76 bits per heavy atom. The zero-order valence-corrected chi connectivity index (χ0v) is 14.4. The van der Waals surface area contributed by atoms with Crippen molar-refractivity contribution in [1.82, 2.24) is 20.4 Å². The molecule has 0 aromatic carbocycles. The van der Waals surface area contributed by atoms with Crippen LogP contribution >= 0.6 is 0 Å². The van der Waals surface area contributed by atoms with Gasteiger partial charge in [-0.05, 0) is 25.5 Å². The Labute approximate surface area is 145 Å². The standard InChI is InChI=1S/C16H21FN6O2/c1-4-23(7-8-25-3)14-12(17)10-19-16(20-14)22-21-15(24)13-6-5-11(2)9-18-13/h5-6,9-10H,4,7-8H2,1-3H3,(H,21,24)(H,19,20,22). The van der Waals surface area contributed by atoms with Crippen LogP contribution in [0.2, 0.25) is 0 Å². The maximum atomic E-state index is 14.0. The largest absolute Gasteiger partial charge is 0.383 e. The van der Waals surface area contributed by atoms with Crippen molar-refractivity contribution in [1.29, 1.82) is 0 Å². The Morgan fingerprint density at radius 1 is 1.32 bits per heavy atom. The molecule has 25 heavy (non-hydrogen) atoms. The number of pyridine rings is 1. The number of hydrazine groups is 1. The van der Waals surface area contributed by atoms with Gasteiger partial charge in [0, 0.05) is 26.4 Å². The highest BCUT2D eigenvalue weighted by Crippen LogP contribution is 2.16. The molecule has 1 amide bonds. The molecule has 2 aromatic rings. The van der Waals surface area contributed by atoms with Crippen molar-refractivity contribution in [2.45, 2.75) is 13.8 Å². The van der Waals surface area contributed by atoms with E-state index in [4.69, 9.17) is 4.74 Å². The fourth-order valence-corrected chi connectivity index (χ4v) is 2.03. The van der Waals surface area contributed by atoms with Gasteiger partial charge in [-0.15, -0.1) is 0 Å². The van der Waals surface area contributed by atoms with E-state index in [1.54, 1.807) is 30.3 Å². The zero-order valence-electron chi connectivity index (χ0n) is 14.4. The highest BCUT2D eigenvalue weighted by molar-refractivity contribution is 5.92. The van der Waals surface area contributed by atoms with Gasteiger partial charge in [-0.1, -0.05) is 6.07 Å². The minimum Gasteiger partial charge on any atom is -0.383 e. The SMILES string of the molecule is CCN(CCOC)c1nc(NNC(=O)c2ccc(C)cn2)ncc1F. The van der Waals surface area contributed by atoms with Gasteiger partial charge in [-0.3, -0.25) is 20.6 Å². The summed E-state index contributed by atoms with van der Waals surface area (Å²) in [6.45, 7) is 5.24. The molecule has 0 radical (unpaired) electrons. The second-order valence-corrected chi connectivity index (χ2v) is 5.24. The molecule has 0 aliphatic carbocycles. The third kappa shape index (κ3) is 5.08. The number of rotatable bonds is 8. The van der Waals surface area contributed by atoms with E-state index < -0.39 is 11.7 Å². The number of anilines is 2. The van der Waals surface area contributed by atoms with Crippen LogP contribution in [0.3, 0.4) is 0 Å². The van der Waals surface area contributed by atoms with E-state index in [1.807, 2.05) is 13.8 Å². The highest BCUT2D eigenvalue weighted by Gasteiger charge is 2.14. The van der Waals surface area contributed by atoms with E-state index in [9.17, 15) is 9.18 Å². The summed E-state index contributed by atoms with van der Waals surface area (Å²) < 4.78 is 19.0. The summed E-state index contributed by atoms with van der Waals surface area (Å²) in [4.78, 5) is 25.7. The summed E-state index contributed by atoms with van der Waals surface area (Å²) in [6, 6.07) is 3.39. The molecule has 9 heteroatoms. The molecule has 0 saturated heterocycles. The van der Waals surface area contributed by atoms with Gasteiger partial charge >= 0.3 is 0 Å². The molecule has 134 valence electrons. The van der Waals surface area contributed by atoms with Gasteiger partial charge in [0.1, 0.15) is 5.69 Å². The van der Waals surface area contributed by atoms with E-state index >= 15 is 0 Å². The maximum absolute atomic E-state index is 14.0. The lowest BCUT2D eigenvalue weighted by Crippen LogP contribution is -2.32. The van der Waals surface area contributed by atoms with Crippen molar-refractivity contribution >= 4 is 17.7 Å². The second-order valence-electron chi connectivity index (χ2n) is 5.24. The number of carbonyl (C=O) groups excluding carboxylic acids is 1. The number of hydrogen-bond donors (Lipinski definition) is 2. The summed E-state index contributed by atoms with van der Waals surface area (Å²) in [6.07, 6.45) is 2.65. The summed E-state index contributed by atoms with van der Waals surface area (Å²) in [5.74, 6) is -0.774. The van der Waals surface area contributed by atoms with Crippen molar-refractivity contribution in [3.05, 3.63) is 41.6 Å². The molecule has 2 heterocycles. The first kappa shape index (κ1) is 18.5. The van der Waals surface area contributed by atoms with Gasteiger partial charge in [-0.2, -0.15) is 4.98 Å². The molecule has 0 aliphatic rings. The van der Waals surface area contributed by atoms with Gasteiger partial charge in [0.2, 0.25) is 5.95 Å². The monoisotopic (exact) mass is 348 g/mol. The van der Waals surface area contributed by atoms with Gasteiger partial charge in [-0.25, -0.2) is 9.37 Å². The topological polar surface area (TPSA) is 92.3 Å². The molecule has 2 rings (SSSR count). The molecule has 0 atom stereocenters. The number of nitrogens with zero attached hydrogens (tertiary/aromatic N) is 4. The number of nitrogens with one attached hydrogen (secondary N) is 2. The van der Waals surface area contributed by atoms with Crippen molar-refractivity contribution in [3.63, 3.8) is 0 Å². The third-order valence-corrected chi connectivity index (χ3v) is 3.40. The molecule has 0 unspecified atom stereocenters. The molecule has 2 N–H and O–H groups in total. The summed E-state index contributed by atoms with van der Waals surface area (Å²) in [5.41, 5.74) is 6.21. The highest BCUT2D eigenvalue weighted by atomic mass is 19.1. The van der Waals surface area contributed by atoms with Crippen LogP contribution in [0.15, 0.2) is 24.5 Å². The second kappa shape index (κ2) is 8.88. The summed E-state index contributed by atoms with van der Waals surface area (Å²) in [7, 11) is 1.58. The predicted molar refractivity (Wildman–Crippen MR) is 91.8 cm³/mol. The third-order valence-electron chi connectivity index (χ3n) is 3.40. The molecule has 0 aliphatic heterocycles. The molecule has 0 bridgehead atoms. The average molecular weight is 348 g/mol. The van der Waals surface area contributed by atoms with E-state index in [2.05, 4.69) is 25.8 Å². The number of amides is 1. The minimum absolute atomic E-state index is 0.0766. The van der Waals surface area contributed by atoms with Crippen LogP contribution in [-0.4, -0.2) is 47.7 Å². The first-order valence-electron chi connectivity index (χ1n) is 7.80. The number of likely N-dealkylation sites (N-methyl/N-ethyl adjacent to an activating group) is 1. The molecule has 0 fully saturated rings. The summed E-state index contributed by atoms with van der Waals surface area (Å²) in [5, 5.41) is 0. The Morgan fingerprint density at radius 2 is 2.12 bits per heavy atom. The van der Waals surface area contributed by atoms with Gasteiger partial charge < -0.3 is 9.64 Å². The normalized spacial score (nSPS) is 10.4. The van der Waals surface area contributed by atoms with Crippen LogP contribution in [-0.2, 0) is 4.74 Å². The quantitative estimate of drug-likeness (QED) is 0.699. The number of hydrogen-bond acceptors (Lipinski definition) is 7. The van der Waals surface area contributed by atoms with Crippen molar-refractivity contribution < 1.29 is 13.9 Å². The van der Waals surface area contributed by atoms with E-state index in [0.29, 0.717) is 19.7 Å². The zero-order chi connectivity index (χ0) is 18.2. The first-order valence-corrected chi connectivity index (χ1v) is 7.80. The summed E-state index contributed by atoms with van der Waals surface area (Å²) >= 11 is 0. The Bertz CT molecular complexity index is 710. The van der Waals surface area contributed by atoms with Crippen LogP contribution in [0.5, 0.6) is 0 Å². The fourth-order valence-electron chi connectivity index (χ4n) is 2.03. The number of methoxy groups -OCH3 is 1. The molecule has 0 spiro atoms. The maximum Gasteiger partial charge on any atom is 0.288 e. The van der Waals surface area contributed by atoms with Crippen LogP contribution in [0.1, 0.15) is 23.0 Å². The Kier molecular flexibility index (Phi) is 6.58. The Hall–Kier alpha value is -2.81. The molecule has 8 nitrogen and oxygen atoms in total. The fraction of sp³-hybridized carbons (Fsp3) is 0.375. The lowest BCUT2D eigenvalue weighted by Gasteiger charge is -2.22. The van der Waals surface area contributed by atoms with Crippen LogP contribution in [0, 0.1) is 12.7 Å². The Balaban J connectivity index is 2.05. The lowest BCUT2D eigenvalue weighted by atomic mass is 10.3. The predicted octanol–water partition coefficient (Wildman–Crippen LogP) is 1.55. The number of halogens is 1. The van der Waals surface area contributed by atoms with Gasteiger partial charge in [0.05, 0.1) is 12.8 Å².